The molecular weight excluding hydrogens is 166 g/mol. The first-order chi connectivity index (χ1) is 6.33. The lowest BCUT2D eigenvalue weighted by atomic mass is 9.86. The van der Waals surface area contributed by atoms with Crippen molar-refractivity contribution in [1.82, 2.24) is 5.32 Å². The first kappa shape index (κ1) is 10.5. The van der Waals surface area contributed by atoms with E-state index in [2.05, 4.69) is 5.32 Å². The summed E-state index contributed by atoms with van der Waals surface area (Å²) in [6.45, 7) is -0.233. The number of aliphatic hydroxyl groups is 1. The van der Waals surface area contributed by atoms with E-state index in [0.29, 0.717) is 6.42 Å². The molecule has 1 aliphatic carbocycles. The van der Waals surface area contributed by atoms with Gasteiger partial charge in [0, 0.05) is 6.42 Å². The van der Waals surface area contributed by atoms with Gasteiger partial charge in [-0.1, -0.05) is 32.1 Å². The van der Waals surface area contributed by atoms with E-state index in [0.717, 1.165) is 12.3 Å². The summed E-state index contributed by atoms with van der Waals surface area (Å²) >= 11 is 0. The SMILES string of the molecule is O=C(CCC1CCCCC1)NCO. The van der Waals surface area contributed by atoms with Gasteiger partial charge in [-0.25, -0.2) is 0 Å². The van der Waals surface area contributed by atoms with Crippen molar-refractivity contribution in [3.63, 3.8) is 0 Å². The van der Waals surface area contributed by atoms with Gasteiger partial charge in [-0.05, 0) is 12.3 Å². The van der Waals surface area contributed by atoms with Gasteiger partial charge in [0.2, 0.25) is 5.91 Å². The highest BCUT2D eigenvalue weighted by Crippen LogP contribution is 2.26. The van der Waals surface area contributed by atoms with E-state index < -0.39 is 0 Å². The molecule has 1 saturated carbocycles. The quantitative estimate of drug-likeness (QED) is 0.651. The monoisotopic (exact) mass is 185 g/mol. The molecule has 0 spiro atoms. The summed E-state index contributed by atoms with van der Waals surface area (Å²) in [6, 6.07) is 0. The molecule has 0 aliphatic heterocycles. The Bertz CT molecular complexity index is 153. The number of hydrogen-bond acceptors (Lipinski definition) is 2. The summed E-state index contributed by atoms with van der Waals surface area (Å²) in [5, 5.41) is 10.8. The van der Waals surface area contributed by atoms with Crippen molar-refractivity contribution in [2.45, 2.75) is 44.9 Å². The van der Waals surface area contributed by atoms with Crippen molar-refractivity contribution in [3.05, 3.63) is 0 Å². The normalized spacial score (nSPS) is 18.5. The molecule has 13 heavy (non-hydrogen) atoms. The Morgan fingerprint density at radius 2 is 2.00 bits per heavy atom. The Hall–Kier alpha value is -0.570. The van der Waals surface area contributed by atoms with Crippen molar-refractivity contribution < 1.29 is 9.90 Å². The molecule has 0 aromatic carbocycles. The Kier molecular flexibility index (Phi) is 4.83. The van der Waals surface area contributed by atoms with Crippen molar-refractivity contribution in [2.75, 3.05) is 6.73 Å². The molecule has 1 rings (SSSR count). The number of nitrogens with one attached hydrogen (secondary N) is 1. The maximum absolute atomic E-state index is 11.0. The van der Waals surface area contributed by atoms with Crippen LogP contribution in [0.1, 0.15) is 44.9 Å². The Morgan fingerprint density at radius 3 is 2.62 bits per heavy atom. The van der Waals surface area contributed by atoms with Gasteiger partial charge in [0.15, 0.2) is 0 Å². The van der Waals surface area contributed by atoms with Gasteiger partial charge in [-0.3, -0.25) is 4.79 Å². The van der Waals surface area contributed by atoms with Crippen LogP contribution in [0.3, 0.4) is 0 Å². The fraction of sp³-hybridized carbons (Fsp3) is 0.900. The number of carbonyl (C=O) groups is 1. The molecule has 0 bridgehead atoms. The van der Waals surface area contributed by atoms with Crippen LogP contribution in [0.2, 0.25) is 0 Å². The van der Waals surface area contributed by atoms with Gasteiger partial charge in [0.1, 0.15) is 6.73 Å². The third-order valence-corrected chi connectivity index (χ3v) is 2.78. The van der Waals surface area contributed by atoms with Gasteiger partial charge in [0.05, 0.1) is 0 Å². The smallest absolute Gasteiger partial charge is 0.221 e. The van der Waals surface area contributed by atoms with Crippen LogP contribution < -0.4 is 5.32 Å². The van der Waals surface area contributed by atoms with E-state index in [1.807, 2.05) is 0 Å². The Labute approximate surface area is 79.5 Å². The van der Waals surface area contributed by atoms with Crippen LogP contribution in [0, 0.1) is 5.92 Å². The van der Waals surface area contributed by atoms with Crippen LogP contribution in [-0.4, -0.2) is 17.7 Å². The third-order valence-electron chi connectivity index (χ3n) is 2.78. The van der Waals surface area contributed by atoms with Crippen molar-refractivity contribution >= 4 is 5.91 Å². The molecule has 1 fully saturated rings. The van der Waals surface area contributed by atoms with Crippen molar-refractivity contribution in [2.24, 2.45) is 5.92 Å². The summed E-state index contributed by atoms with van der Waals surface area (Å²) in [7, 11) is 0. The van der Waals surface area contributed by atoms with Gasteiger partial charge in [-0.2, -0.15) is 0 Å². The number of rotatable bonds is 4. The van der Waals surface area contributed by atoms with Gasteiger partial charge in [-0.15, -0.1) is 0 Å². The number of carbonyl (C=O) groups excluding carboxylic acids is 1. The van der Waals surface area contributed by atoms with Gasteiger partial charge in [0.25, 0.3) is 0 Å². The highest BCUT2D eigenvalue weighted by Gasteiger charge is 2.14. The lowest BCUT2D eigenvalue weighted by molar-refractivity contribution is -0.122. The molecular formula is C10H19NO2. The van der Waals surface area contributed by atoms with Gasteiger partial charge < -0.3 is 10.4 Å². The molecule has 0 atom stereocenters. The zero-order valence-electron chi connectivity index (χ0n) is 8.09. The van der Waals surface area contributed by atoms with E-state index in [-0.39, 0.29) is 12.6 Å². The second-order valence-corrected chi connectivity index (χ2v) is 3.80. The average molecular weight is 185 g/mol. The molecule has 0 unspecified atom stereocenters. The summed E-state index contributed by atoms with van der Waals surface area (Å²) in [5.74, 6) is 0.728. The predicted molar refractivity (Wildman–Crippen MR) is 51.0 cm³/mol. The highest BCUT2D eigenvalue weighted by molar-refractivity contribution is 5.75. The molecule has 3 heteroatoms. The minimum absolute atomic E-state index is 0.0203. The molecule has 0 aromatic heterocycles. The zero-order valence-corrected chi connectivity index (χ0v) is 8.09. The van der Waals surface area contributed by atoms with Crippen molar-refractivity contribution in [1.29, 1.82) is 0 Å². The largest absolute Gasteiger partial charge is 0.377 e. The lowest BCUT2D eigenvalue weighted by Crippen LogP contribution is -2.24. The molecule has 2 N–H and O–H groups in total. The standard InChI is InChI=1S/C10H19NO2/c12-8-11-10(13)7-6-9-4-2-1-3-5-9/h9,12H,1-8H2,(H,11,13). The molecule has 0 aromatic rings. The topological polar surface area (TPSA) is 49.3 Å². The summed E-state index contributed by atoms with van der Waals surface area (Å²) in [4.78, 5) is 11.0. The van der Waals surface area contributed by atoms with Crippen LogP contribution in [0.25, 0.3) is 0 Å². The molecule has 0 saturated heterocycles. The van der Waals surface area contributed by atoms with E-state index in [1.54, 1.807) is 0 Å². The fourth-order valence-electron chi connectivity index (χ4n) is 1.99. The van der Waals surface area contributed by atoms with Gasteiger partial charge >= 0.3 is 0 Å². The van der Waals surface area contributed by atoms with Crippen LogP contribution in [-0.2, 0) is 4.79 Å². The van der Waals surface area contributed by atoms with Crippen LogP contribution >= 0.6 is 0 Å². The molecule has 3 nitrogen and oxygen atoms in total. The molecule has 1 aliphatic rings. The number of amides is 1. The number of aliphatic hydroxyl groups excluding tert-OH is 1. The fourth-order valence-corrected chi connectivity index (χ4v) is 1.99. The maximum atomic E-state index is 11.0. The van der Waals surface area contributed by atoms with E-state index >= 15 is 0 Å². The highest BCUT2D eigenvalue weighted by atomic mass is 16.3. The van der Waals surface area contributed by atoms with E-state index in [1.165, 1.54) is 32.1 Å². The number of hydrogen-bond donors (Lipinski definition) is 2. The minimum atomic E-state index is -0.233. The first-order valence-corrected chi connectivity index (χ1v) is 5.20. The minimum Gasteiger partial charge on any atom is -0.377 e. The van der Waals surface area contributed by atoms with Crippen molar-refractivity contribution in [3.8, 4) is 0 Å². The second-order valence-electron chi connectivity index (χ2n) is 3.80. The molecule has 0 heterocycles. The van der Waals surface area contributed by atoms with E-state index in [4.69, 9.17) is 5.11 Å². The van der Waals surface area contributed by atoms with Crippen LogP contribution in [0.4, 0.5) is 0 Å². The zero-order chi connectivity index (χ0) is 9.52. The first-order valence-electron chi connectivity index (χ1n) is 5.20. The van der Waals surface area contributed by atoms with Crippen LogP contribution in [0.5, 0.6) is 0 Å². The third kappa shape index (κ3) is 4.27. The Balaban J connectivity index is 2.06. The summed E-state index contributed by atoms with van der Waals surface area (Å²) in [6.07, 6.45) is 8.15. The lowest BCUT2D eigenvalue weighted by Gasteiger charge is -2.20. The summed E-state index contributed by atoms with van der Waals surface area (Å²) in [5.41, 5.74) is 0. The molecule has 76 valence electrons. The molecule has 1 amide bonds. The predicted octanol–water partition coefficient (Wildman–Crippen LogP) is 1.41. The maximum Gasteiger partial charge on any atom is 0.221 e. The van der Waals surface area contributed by atoms with Crippen LogP contribution in [0.15, 0.2) is 0 Å². The second kappa shape index (κ2) is 5.97. The molecule has 0 radical (unpaired) electrons. The average Bonchev–Trinajstić information content (AvgIpc) is 2.17. The van der Waals surface area contributed by atoms with E-state index in [9.17, 15) is 4.79 Å². The summed E-state index contributed by atoms with van der Waals surface area (Å²) < 4.78 is 0. The Morgan fingerprint density at radius 1 is 1.31 bits per heavy atom.